The fourth-order valence-electron chi connectivity index (χ4n) is 3.25. The summed E-state index contributed by atoms with van der Waals surface area (Å²) in [6.07, 6.45) is 4.86. The van der Waals surface area contributed by atoms with E-state index in [1.807, 2.05) is 5.38 Å². The molecular formula is C16H23N3O3S. The van der Waals surface area contributed by atoms with Gasteiger partial charge in [0.1, 0.15) is 16.8 Å². The van der Waals surface area contributed by atoms with E-state index < -0.39 is 0 Å². The minimum absolute atomic E-state index is 0.0790. The van der Waals surface area contributed by atoms with Crippen molar-refractivity contribution in [1.82, 2.24) is 15.2 Å². The Labute approximate surface area is 140 Å². The van der Waals surface area contributed by atoms with E-state index in [2.05, 4.69) is 15.2 Å². The smallest absolute Gasteiger partial charge is 0.270 e. The van der Waals surface area contributed by atoms with Gasteiger partial charge in [-0.1, -0.05) is 0 Å². The predicted molar refractivity (Wildman–Crippen MR) is 86.7 cm³/mol. The van der Waals surface area contributed by atoms with Gasteiger partial charge < -0.3 is 14.8 Å². The van der Waals surface area contributed by atoms with Gasteiger partial charge in [-0.15, -0.1) is 11.3 Å². The maximum absolute atomic E-state index is 12.3. The van der Waals surface area contributed by atoms with Crippen molar-refractivity contribution < 1.29 is 14.3 Å². The second kappa shape index (κ2) is 6.84. The highest BCUT2D eigenvalue weighted by molar-refractivity contribution is 7.09. The number of thiazole rings is 1. The molecule has 2 saturated heterocycles. The maximum atomic E-state index is 12.3. The van der Waals surface area contributed by atoms with Gasteiger partial charge in [-0.05, 0) is 25.7 Å². The number of amides is 1. The second-order valence-corrected chi connectivity index (χ2v) is 7.39. The van der Waals surface area contributed by atoms with Crippen LogP contribution in [0.3, 0.4) is 0 Å². The lowest BCUT2D eigenvalue weighted by atomic mass is 10.2. The lowest BCUT2D eigenvalue weighted by Gasteiger charge is -2.33. The topological polar surface area (TPSA) is 63.7 Å². The molecule has 3 aliphatic rings. The molecule has 3 heterocycles. The fraction of sp³-hybridized carbons (Fsp3) is 0.750. The number of rotatable bonds is 5. The highest BCUT2D eigenvalue weighted by atomic mass is 32.1. The molecule has 0 aromatic carbocycles. The summed E-state index contributed by atoms with van der Waals surface area (Å²) in [6.45, 7) is 4.04. The average molecular weight is 337 g/mol. The van der Waals surface area contributed by atoms with E-state index in [4.69, 9.17) is 9.47 Å². The SMILES string of the molecule is O=C(NC[C@H]1CN(C2CC2)CCO1)c1csc([C@@H]2CCCO2)n1. The van der Waals surface area contributed by atoms with Crippen LogP contribution >= 0.6 is 11.3 Å². The first kappa shape index (κ1) is 15.5. The molecule has 1 N–H and O–H groups in total. The summed E-state index contributed by atoms with van der Waals surface area (Å²) in [4.78, 5) is 19.2. The van der Waals surface area contributed by atoms with E-state index >= 15 is 0 Å². The summed E-state index contributed by atoms with van der Waals surface area (Å²) in [5, 5.41) is 5.71. The van der Waals surface area contributed by atoms with Crippen molar-refractivity contribution in [3.05, 3.63) is 16.1 Å². The van der Waals surface area contributed by atoms with E-state index in [-0.39, 0.29) is 18.1 Å². The number of hydrogen-bond acceptors (Lipinski definition) is 6. The first-order valence-electron chi connectivity index (χ1n) is 8.50. The van der Waals surface area contributed by atoms with Crippen LogP contribution in [0.2, 0.25) is 0 Å². The molecule has 1 aromatic rings. The molecule has 7 heteroatoms. The van der Waals surface area contributed by atoms with Gasteiger partial charge in [0.15, 0.2) is 0 Å². The number of carbonyl (C=O) groups excluding carboxylic acids is 1. The van der Waals surface area contributed by atoms with Crippen molar-refractivity contribution in [2.24, 2.45) is 0 Å². The normalized spacial score (nSPS) is 28.9. The van der Waals surface area contributed by atoms with Crippen LogP contribution in [-0.4, -0.2) is 60.8 Å². The largest absolute Gasteiger partial charge is 0.374 e. The Kier molecular flexibility index (Phi) is 4.61. The van der Waals surface area contributed by atoms with Crippen molar-refractivity contribution in [3.8, 4) is 0 Å². The van der Waals surface area contributed by atoms with Gasteiger partial charge in [-0.25, -0.2) is 4.98 Å². The third-order valence-electron chi connectivity index (χ3n) is 4.68. The molecule has 2 atom stereocenters. The van der Waals surface area contributed by atoms with Gasteiger partial charge in [0.05, 0.1) is 12.7 Å². The Bertz CT molecular complexity index is 555. The molecule has 0 radical (unpaired) electrons. The van der Waals surface area contributed by atoms with Crippen molar-refractivity contribution in [3.63, 3.8) is 0 Å². The first-order valence-corrected chi connectivity index (χ1v) is 9.38. The van der Waals surface area contributed by atoms with E-state index in [0.29, 0.717) is 12.2 Å². The van der Waals surface area contributed by atoms with E-state index in [0.717, 1.165) is 50.2 Å². The molecule has 0 bridgehead atoms. The minimum atomic E-state index is -0.113. The van der Waals surface area contributed by atoms with Gasteiger partial charge in [0.25, 0.3) is 5.91 Å². The highest BCUT2D eigenvalue weighted by Crippen LogP contribution is 2.30. The fourth-order valence-corrected chi connectivity index (χ4v) is 4.13. The van der Waals surface area contributed by atoms with Crippen LogP contribution < -0.4 is 5.32 Å². The first-order chi connectivity index (χ1) is 11.3. The van der Waals surface area contributed by atoms with Crippen molar-refractivity contribution >= 4 is 17.2 Å². The van der Waals surface area contributed by atoms with Crippen LogP contribution in [0.15, 0.2) is 5.38 Å². The number of aromatic nitrogens is 1. The predicted octanol–water partition coefficient (Wildman–Crippen LogP) is 1.59. The molecule has 0 spiro atoms. The number of nitrogens with zero attached hydrogens (tertiary/aromatic N) is 2. The standard InChI is InChI=1S/C16H23N3O3S/c20-15(13-10-23-16(18-13)14-2-1-6-22-14)17-8-12-9-19(5-7-21-12)11-3-4-11/h10-12,14H,1-9H2,(H,17,20)/t12-,14-/m0/s1. The van der Waals surface area contributed by atoms with Crippen molar-refractivity contribution in [2.75, 3.05) is 32.8 Å². The Morgan fingerprint density at radius 3 is 3.04 bits per heavy atom. The summed E-state index contributed by atoms with van der Waals surface area (Å²) in [5.41, 5.74) is 0.496. The Morgan fingerprint density at radius 2 is 2.26 bits per heavy atom. The molecule has 2 aliphatic heterocycles. The number of hydrogen-bond donors (Lipinski definition) is 1. The summed E-state index contributed by atoms with van der Waals surface area (Å²) >= 11 is 1.51. The number of nitrogens with one attached hydrogen (secondary N) is 1. The average Bonchev–Trinajstić information content (AvgIpc) is 3.08. The summed E-state index contributed by atoms with van der Waals surface area (Å²) < 4.78 is 11.4. The van der Waals surface area contributed by atoms with Crippen LogP contribution in [0.25, 0.3) is 0 Å². The van der Waals surface area contributed by atoms with Crippen LogP contribution in [-0.2, 0) is 9.47 Å². The van der Waals surface area contributed by atoms with Crippen molar-refractivity contribution in [2.45, 2.75) is 43.9 Å². The van der Waals surface area contributed by atoms with Crippen molar-refractivity contribution in [1.29, 1.82) is 0 Å². The molecule has 6 nitrogen and oxygen atoms in total. The summed E-state index contributed by atoms with van der Waals surface area (Å²) in [6, 6.07) is 0.754. The van der Waals surface area contributed by atoms with Gasteiger partial charge in [-0.2, -0.15) is 0 Å². The third kappa shape index (κ3) is 3.74. The van der Waals surface area contributed by atoms with Crippen LogP contribution in [0, 0.1) is 0 Å². The van der Waals surface area contributed by atoms with Gasteiger partial charge in [0, 0.05) is 37.7 Å². The Hall–Kier alpha value is -1.02. The number of carbonyl (C=O) groups is 1. The number of ether oxygens (including phenoxy) is 2. The molecule has 1 amide bonds. The Morgan fingerprint density at radius 1 is 1.35 bits per heavy atom. The molecule has 126 valence electrons. The zero-order chi connectivity index (χ0) is 15.6. The van der Waals surface area contributed by atoms with Crippen LogP contribution in [0.4, 0.5) is 0 Å². The summed E-state index contributed by atoms with van der Waals surface area (Å²) in [5.74, 6) is -0.113. The molecule has 1 aliphatic carbocycles. The lowest BCUT2D eigenvalue weighted by Crippen LogP contribution is -2.48. The highest BCUT2D eigenvalue weighted by Gasteiger charge is 2.33. The van der Waals surface area contributed by atoms with E-state index in [9.17, 15) is 4.79 Å². The minimum Gasteiger partial charge on any atom is -0.374 e. The van der Waals surface area contributed by atoms with Crippen LogP contribution in [0.5, 0.6) is 0 Å². The lowest BCUT2D eigenvalue weighted by molar-refractivity contribution is -0.0293. The Balaban J connectivity index is 1.27. The molecular weight excluding hydrogens is 314 g/mol. The molecule has 0 unspecified atom stereocenters. The van der Waals surface area contributed by atoms with E-state index in [1.54, 1.807) is 0 Å². The monoisotopic (exact) mass is 337 g/mol. The quantitative estimate of drug-likeness (QED) is 0.884. The molecule has 1 saturated carbocycles. The van der Waals surface area contributed by atoms with Crippen LogP contribution in [0.1, 0.15) is 47.3 Å². The molecule has 23 heavy (non-hydrogen) atoms. The van der Waals surface area contributed by atoms with Gasteiger partial charge in [-0.3, -0.25) is 9.69 Å². The molecule has 3 fully saturated rings. The summed E-state index contributed by atoms with van der Waals surface area (Å²) in [7, 11) is 0. The van der Waals surface area contributed by atoms with Gasteiger partial charge >= 0.3 is 0 Å². The maximum Gasteiger partial charge on any atom is 0.270 e. The zero-order valence-corrected chi connectivity index (χ0v) is 14.0. The molecule has 4 rings (SSSR count). The molecule has 1 aromatic heterocycles. The zero-order valence-electron chi connectivity index (χ0n) is 13.2. The second-order valence-electron chi connectivity index (χ2n) is 6.50. The van der Waals surface area contributed by atoms with E-state index in [1.165, 1.54) is 24.2 Å². The third-order valence-corrected chi connectivity index (χ3v) is 5.62. The number of morpholine rings is 1. The van der Waals surface area contributed by atoms with Gasteiger partial charge in [0.2, 0.25) is 0 Å².